The van der Waals surface area contributed by atoms with Crippen molar-refractivity contribution >= 4 is 21.6 Å². The Morgan fingerprint density at radius 1 is 1.10 bits per heavy atom. The van der Waals surface area contributed by atoms with E-state index in [4.69, 9.17) is 5.73 Å². The van der Waals surface area contributed by atoms with Crippen LogP contribution < -0.4 is 10.5 Å². The van der Waals surface area contributed by atoms with E-state index >= 15 is 0 Å². The van der Waals surface area contributed by atoms with Gasteiger partial charge in [-0.3, -0.25) is 4.72 Å². The van der Waals surface area contributed by atoms with Gasteiger partial charge in [-0.25, -0.2) is 0 Å². The molecule has 1 heterocycles. The van der Waals surface area contributed by atoms with E-state index in [1.165, 1.54) is 4.31 Å². The molecule has 20 heavy (non-hydrogen) atoms. The molecule has 0 spiro atoms. The molecule has 5 nitrogen and oxygen atoms in total. The lowest BCUT2D eigenvalue weighted by molar-refractivity contribution is 0.427. The maximum atomic E-state index is 12.5. The van der Waals surface area contributed by atoms with Crippen LogP contribution in [0.4, 0.5) is 11.4 Å². The Bertz CT molecular complexity index is 576. The summed E-state index contributed by atoms with van der Waals surface area (Å²) in [6.45, 7) is 4.99. The number of rotatable bonds is 3. The monoisotopic (exact) mass is 297 g/mol. The predicted molar refractivity (Wildman–Crippen MR) is 82.9 cm³/mol. The molecule has 6 heteroatoms. The van der Waals surface area contributed by atoms with Crippen molar-refractivity contribution in [3.05, 3.63) is 23.3 Å². The molecule has 1 aromatic rings. The van der Waals surface area contributed by atoms with Crippen LogP contribution in [0.15, 0.2) is 12.1 Å². The molecule has 0 saturated carbocycles. The Hall–Kier alpha value is -1.27. The molecular weight excluding hydrogens is 274 g/mol. The third-order valence-electron chi connectivity index (χ3n) is 3.90. The summed E-state index contributed by atoms with van der Waals surface area (Å²) in [5, 5.41) is 0. The molecular formula is C14H23N3O2S. The highest BCUT2D eigenvalue weighted by Crippen LogP contribution is 2.28. The van der Waals surface area contributed by atoms with Crippen molar-refractivity contribution in [2.75, 3.05) is 23.5 Å². The zero-order chi connectivity index (χ0) is 14.8. The molecule has 0 amide bonds. The normalized spacial score (nSPS) is 17.7. The zero-order valence-electron chi connectivity index (χ0n) is 12.1. The number of hydrogen-bond donors (Lipinski definition) is 2. The zero-order valence-corrected chi connectivity index (χ0v) is 13.0. The number of anilines is 2. The number of nitrogens with one attached hydrogen (secondary N) is 1. The SMILES string of the molecule is Cc1ccc(N)c(NS(=O)(=O)N2CCCCCC2)c1C. The second-order valence-electron chi connectivity index (χ2n) is 5.39. The van der Waals surface area contributed by atoms with Crippen molar-refractivity contribution in [1.82, 2.24) is 4.31 Å². The van der Waals surface area contributed by atoms with E-state index < -0.39 is 10.2 Å². The fourth-order valence-corrected chi connectivity index (χ4v) is 3.84. The first-order valence-corrected chi connectivity index (χ1v) is 8.49. The third-order valence-corrected chi connectivity index (χ3v) is 5.41. The molecule has 0 atom stereocenters. The minimum atomic E-state index is -3.52. The largest absolute Gasteiger partial charge is 0.397 e. The Kier molecular flexibility index (Phi) is 4.55. The van der Waals surface area contributed by atoms with Crippen LogP contribution in [0.1, 0.15) is 36.8 Å². The quantitative estimate of drug-likeness (QED) is 0.841. The lowest BCUT2D eigenvalue weighted by Gasteiger charge is -2.22. The van der Waals surface area contributed by atoms with Gasteiger partial charge in [-0.1, -0.05) is 18.9 Å². The van der Waals surface area contributed by atoms with Gasteiger partial charge in [-0.2, -0.15) is 12.7 Å². The summed E-state index contributed by atoms with van der Waals surface area (Å²) >= 11 is 0. The first-order chi connectivity index (χ1) is 9.42. The van der Waals surface area contributed by atoms with E-state index in [-0.39, 0.29) is 0 Å². The van der Waals surface area contributed by atoms with Crippen LogP contribution in [-0.2, 0) is 10.2 Å². The molecule has 0 bridgehead atoms. The summed E-state index contributed by atoms with van der Waals surface area (Å²) in [6, 6.07) is 3.64. The number of nitrogen functional groups attached to an aromatic ring is 1. The molecule has 0 aliphatic carbocycles. The van der Waals surface area contributed by atoms with E-state index in [0.29, 0.717) is 24.5 Å². The van der Waals surface area contributed by atoms with Gasteiger partial charge in [0.15, 0.2) is 0 Å². The van der Waals surface area contributed by atoms with Crippen molar-refractivity contribution < 1.29 is 8.42 Å². The molecule has 0 radical (unpaired) electrons. The molecule has 1 aliphatic heterocycles. The first kappa shape index (κ1) is 15.1. The summed E-state index contributed by atoms with van der Waals surface area (Å²) < 4.78 is 29.2. The number of hydrogen-bond acceptors (Lipinski definition) is 3. The molecule has 0 aromatic heterocycles. The maximum Gasteiger partial charge on any atom is 0.301 e. The van der Waals surface area contributed by atoms with Crippen molar-refractivity contribution in [2.24, 2.45) is 0 Å². The lowest BCUT2D eigenvalue weighted by Crippen LogP contribution is -2.36. The average molecular weight is 297 g/mol. The van der Waals surface area contributed by atoms with Gasteiger partial charge in [-0.15, -0.1) is 0 Å². The third kappa shape index (κ3) is 3.24. The van der Waals surface area contributed by atoms with E-state index in [0.717, 1.165) is 36.8 Å². The van der Waals surface area contributed by atoms with Crippen LogP contribution in [0.5, 0.6) is 0 Å². The second kappa shape index (κ2) is 6.01. The van der Waals surface area contributed by atoms with Gasteiger partial charge in [0.05, 0.1) is 11.4 Å². The molecule has 2 rings (SSSR count). The number of aryl methyl sites for hydroxylation is 1. The number of benzene rings is 1. The van der Waals surface area contributed by atoms with Crippen LogP contribution >= 0.6 is 0 Å². The molecule has 1 aromatic carbocycles. The highest BCUT2D eigenvalue weighted by atomic mass is 32.2. The smallest absolute Gasteiger partial charge is 0.301 e. The Morgan fingerprint density at radius 2 is 1.70 bits per heavy atom. The van der Waals surface area contributed by atoms with Gasteiger partial charge in [0.2, 0.25) is 0 Å². The van der Waals surface area contributed by atoms with E-state index in [1.807, 2.05) is 19.9 Å². The van der Waals surface area contributed by atoms with Gasteiger partial charge in [-0.05, 0) is 43.9 Å². The summed E-state index contributed by atoms with van der Waals surface area (Å²) in [4.78, 5) is 0. The average Bonchev–Trinajstić information content (AvgIpc) is 2.69. The summed E-state index contributed by atoms with van der Waals surface area (Å²) in [5.74, 6) is 0. The van der Waals surface area contributed by atoms with Crippen LogP contribution in [0.2, 0.25) is 0 Å². The van der Waals surface area contributed by atoms with Crippen LogP contribution in [0, 0.1) is 13.8 Å². The van der Waals surface area contributed by atoms with Crippen LogP contribution in [0.25, 0.3) is 0 Å². The standard InChI is InChI=1S/C14H23N3O2S/c1-11-7-8-13(15)14(12(11)2)16-20(18,19)17-9-5-3-4-6-10-17/h7-8,16H,3-6,9-10,15H2,1-2H3. The highest BCUT2D eigenvalue weighted by molar-refractivity contribution is 7.90. The molecule has 0 unspecified atom stereocenters. The first-order valence-electron chi connectivity index (χ1n) is 7.05. The van der Waals surface area contributed by atoms with Crippen molar-refractivity contribution in [3.63, 3.8) is 0 Å². The van der Waals surface area contributed by atoms with Crippen LogP contribution in [-0.4, -0.2) is 25.8 Å². The summed E-state index contributed by atoms with van der Waals surface area (Å²) in [7, 11) is -3.52. The highest BCUT2D eigenvalue weighted by Gasteiger charge is 2.24. The summed E-state index contributed by atoms with van der Waals surface area (Å²) in [5.41, 5.74) is 8.78. The molecule has 1 aliphatic rings. The van der Waals surface area contributed by atoms with Crippen molar-refractivity contribution in [3.8, 4) is 0 Å². The van der Waals surface area contributed by atoms with Gasteiger partial charge in [0.1, 0.15) is 0 Å². The fourth-order valence-electron chi connectivity index (χ4n) is 2.45. The van der Waals surface area contributed by atoms with E-state index in [9.17, 15) is 8.42 Å². The Balaban J connectivity index is 2.26. The van der Waals surface area contributed by atoms with Crippen molar-refractivity contribution in [1.29, 1.82) is 0 Å². The Labute approximate surface area is 121 Å². The predicted octanol–water partition coefficient (Wildman–Crippen LogP) is 2.42. The molecule has 112 valence electrons. The second-order valence-corrected chi connectivity index (χ2v) is 7.06. The number of nitrogens with zero attached hydrogens (tertiary/aromatic N) is 1. The minimum Gasteiger partial charge on any atom is -0.397 e. The topological polar surface area (TPSA) is 75.4 Å². The Morgan fingerprint density at radius 3 is 2.30 bits per heavy atom. The van der Waals surface area contributed by atoms with Gasteiger partial charge < -0.3 is 5.73 Å². The number of nitrogens with two attached hydrogens (primary N) is 1. The fraction of sp³-hybridized carbons (Fsp3) is 0.571. The van der Waals surface area contributed by atoms with E-state index in [2.05, 4.69) is 4.72 Å². The molecule has 1 fully saturated rings. The van der Waals surface area contributed by atoms with E-state index in [1.54, 1.807) is 6.07 Å². The maximum absolute atomic E-state index is 12.5. The molecule has 1 saturated heterocycles. The van der Waals surface area contributed by atoms with Gasteiger partial charge >= 0.3 is 10.2 Å². The van der Waals surface area contributed by atoms with Crippen LogP contribution in [0.3, 0.4) is 0 Å². The molecule has 3 N–H and O–H groups in total. The van der Waals surface area contributed by atoms with Gasteiger partial charge in [0, 0.05) is 13.1 Å². The lowest BCUT2D eigenvalue weighted by atomic mass is 10.1. The summed E-state index contributed by atoms with van der Waals surface area (Å²) in [6.07, 6.45) is 4.03. The van der Waals surface area contributed by atoms with Crippen molar-refractivity contribution in [2.45, 2.75) is 39.5 Å². The minimum absolute atomic E-state index is 0.464. The van der Waals surface area contributed by atoms with Gasteiger partial charge in [0.25, 0.3) is 0 Å².